The van der Waals surface area contributed by atoms with E-state index in [0.29, 0.717) is 6.04 Å². The summed E-state index contributed by atoms with van der Waals surface area (Å²) in [4.78, 5) is 0. The lowest BCUT2D eigenvalue weighted by molar-refractivity contribution is 0.386. The Bertz CT molecular complexity index is 593. The molecule has 2 nitrogen and oxygen atoms in total. The summed E-state index contributed by atoms with van der Waals surface area (Å²) in [6, 6.07) is 17.8. The Hall–Kier alpha value is -1.80. The topological polar surface area (TPSA) is 21.3 Å². The molecule has 0 saturated heterocycles. The van der Waals surface area contributed by atoms with Gasteiger partial charge in [0.05, 0.1) is 13.2 Å². The van der Waals surface area contributed by atoms with Crippen LogP contribution in [0.1, 0.15) is 36.1 Å². The van der Waals surface area contributed by atoms with Crippen molar-refractivity contribution in [2.75, 3.05) is 7.11 Å². The first-order valence-corrected chi connectivity index (χ1v) is 7.30. The molecule has 0 saturated carbocycles. The van der Waals surface area contributed by atoms with Crippen molar-refractivity contribution in [3.63, 3.8) is 0 Å². The number of hydrogen-bond donors (Lipinski definition) is 1. The van der Waals surface area contributed by atoms with Crippen molar-refractivity contribution in [1.29, 1.82) is 0 Å². The van der Waals surface area contributed by atoms with Crippen LogP contribution in [-0.4, -0.2) is 13.2 Å². The largest absolute Gasteiger partial charge is 0.496 e. The minimum absolute atomic E-state index is 0.223. The average molecular weight is 267 g/mol. The molecule has 0 amide bonds. The molecule has 0 spiro atoms. The van der Waals surface area contributed by atoms with E-state index >= 15 is 0 Å². The van der Waals surface area contributed by atoms with Crippen LogP contribution in [0.25, 0.3) is 0 Å². The number of hydrogen-bond acceptors (Lipinski definition) is 2. The highest BCUT2D eigenvalue weighted by Gasteiger charge is 2.27. The minimum atomic E-state index is 0.223. The van der Waals surface area contributed by atoms with Gasteiger partial charge in [-0.05, 0) is 30.0 Å². The minimum Gasteiger partial charge on any atom is -0.496 e. The van der Waals surface area contributed by atoms with Crippen molar-refractivity contribution < 1.29 is 4.74 Å². The van der Waals surface area contributed by atoms with Gasteiger partial charge in [-0.3, -0.25) is 0 Å². The highest BCUT2D eigenvalue weighted by atomic mass is 16.5. The van der Waals surface area contributed by atoms with Crippen molar-refractivity contribution in [1.82, 2.24) is 5.32 Å². The van der Waals surface area contributed by atoms with Gasteiger partial charge in [-0.25, -0.2) is 0 Å². The molecule has 2 aromatic carbocycles. The summed E-state index contributed by atoms with van der Waals surface area (Å²) in [5.74, 6) is 0.955. The van der Waals surface area contributed by atoms with E-state index in [4.69, 9.17) is 4.74 Å². The Kier molecular flexibility index (Phi) is 3.75. The van der Waals surface area contributed by atoms with Crippen molar-refractivity contribution in [2.45, 2.75) is 31.8 Å². The summed E-state index contributed by atoms with van der Waals surface area (Å²) in [7, 11) is 1.74. The van der Waals surface area contributed by atoms with Gasteiger partial charge in [0.15, 0.2) is 0 Å². The zero-order chi connectivity index (χ0) is 13.9. The number of nitrogens with one attached hydrogen (secondary N) is 1. The van der Waals surface area contributed by atoms with Gasteiger partial charge in [0.25, 0.3) is 0 Å². The molecule has 2 unspecified atom stereocenters. The first-order valence-electron chi connectivity index (χ1n) is 7.30. The fourth-order valence-corrected chi connectivity index (χ4v) is 3.08. The van der Waals surface area contributed by atoms with Crippen LogP contribution in [0.2, 0.25) is 0 Å². The van der Waals surface area contributed by atoms with Gasteiger partial charge < -0.3 is 10.1 Å². The van der Waals surface area contributed by atoms with Gasteiger partial charge in [-0.2, -0.15) is 0 Å². The number of fused-ring (bicyclic) bond motifs is 1. The van der Waals surface area contributed by atoms with E-state index in [1.165, 1.54) is 16.7 Å². The van der Waals surface area contributed by atoms with Crippen LogP contribution >= 0.6 is 0 Å². The second-order valence-corrected chi connectivity index (χ2v) is 5.35. The van der Waals surface area contributed by atoms with Crippen LogP contribution in [0.4, 0.5) is 0 Å². The van der Waals surface area contributed by atoms with E-state index in [0.717, 1.165) is 18.6 Å². The standard InChI is InChI=1S/C18H21NO/c1-3-14-12-13-8-4-5-9-15(13)18(19-14)16-10-6-7-11-17(16)20-2/h4-11,14,18-19H,3,12H2,1-2H3. The van der Waals surface area contributed by atoms with Crippen LogP contribution in [0.3, 0.4) is 0 Å². The quantitative estimate of drug-likeness (QED) is 0.915. The third kappa shape index (κ3) is 2.32. The maximum Gasteiger partial charge on any atom is 0.123 e. The number of ether oxygens (including phenoxy) is 1. The molecule has 1 heterocycles. The molecular formula is C18H21NO. The molecule has 0 aliphatic carbocycles. The number of para-hydroxylation sites is 1. The molecule has 2 atom stereocenters. The van der Waals surface area contributed by atoms with Crippen LogP contribution in [0.15, 0.2) is 48.5 Å². The number of benzene rings is 2. The molecule has 0 fully saturated rings. The summed E-state index contributed by atoms with van der Waals surface area (Å²) >= 11 is 0. The molecule has 0 aromatic heterocycles. The smallest absolute Gasteiger partial charge is 0.123 e. The Morgan fingerprint density at radius 1 is 1.05 bits per heavy atom. The summed E-state index contributed by atoms with van der Waals surface area (Å²) in [6.07, 6.45) is 2.25. The second kappa shape index (κ2) is 5.68. The van der Waals surface area contributed by atoms with Crippen molar-refractivity contribution in [3.05, 3.63) is 65.2 Å². The molecule has 104 valence electrons. The fraction of sp³-hybridized carbons (Fsp3) is 0.333. The highest BCUT2D eigenvalue weighted by molar-refractivity contribution is 5.45. The molecule has 0 radical (unpaired) electrons. The van der Waals surface area contributed by atoms with E-state index in [2.05, 4.69) is 48.6 Å². The lowest BCUT2D eigenvalue weighted by Gasteiger charge is -2.33. The fourth-order valence-electron chi connectivity index (χ4n) is 3.08. The molecule has 20 heavy (non-hydrogen) atoms. The normalized spacial score (nSPS) is 21.3. The average Bonchev–Trinajstić information content (AvgIpc) is 2.53. The van der Waals surface area contributed by atoms with E-state index in [9.17, 15) is 0 Å². The lowest BCUT2D eigenvalue weighted by Crippen LogP contribution is -2.39. The summed E-state index contributed by atoms with van der Waals surface area (Å²) in [5, 5.41) is 3.77. The van der Waals surface area contributed by atoms with E-state index in [1.54, 1.807) is 7.11 Å². The number of rotatable bonds is 3. The molecule has 0 bridgehead atoms. The highest BCUT2D eigenvalue weighted by Crippen LogP contribution is 2.35. The predicted molar refractivity (Wildman–Crippen MR) is 82.2 cm³/mol. The molecule has 1 aliphatic rings. The molecule has 3 rings (SSSR count). The van der Waals surface area contributed by atoms with Crippen LogP contribution < -0.4 is 10.1 Å². The molecule has 1 aliphatic heterocycles. The number of methoxy groups -OCH3 is 1. The van der Waals surface area contributed by atoms with Gasteiger partial charge in [0, 0.05) is 11.6 Å². The van der Waals surface area contributed by atoms with E-state index in [1.807, 2.05) is 12.1 Å². The Labute approximate surface area is 120 Å². The monoisotopic (exact) mass is 267 g/mol. The SMILES string of the molecule is CCC1Cc2ccccc2C(c2ccccc2OC)N1. The van der Waals surface area contributed by atoms with Gasteiger partial charge in [0.2, 0.25) is 0 Å². The Balaban J connectivity index is 2.08. The predicted octanol–water partition coefficient (Wildman–Crippen LogP) is 3.71. The van der Waals surface area contributed by atoms with E-state index < -0.39 is 0 Å². The molecular weight excluding hydrogens is 246 g/mol. The van der Waals surface area contributed by atoms with Gasteiger partial charge in [-0.1, -0.05) is 49.4 Å². The second-order valence-electron chi connectivity index (χ2n) is 5.35. The van der Waals surface area contributed by atoms with Crippen molar-refractivity contribution >= 4 is 0 Å². The van der Waals surface area contributed by atoms with Crippen molar-refractivity contribution in [3.8, 4) is 5.75 Å². The first kappa shape index (κ1) is 13.2. The van der Waals surface area contributed by atoms with Gasteiger partial charge >= 0.3 is 0 Å². The van der Waals surface area contributed by atoms with Crippen molar-refractivity contribution in [2.24, 2.45) is 0 Å². The Morgan fingerprint density at radius 3 is 2.50 bits per heavy atom. The third-order valence-corrected chi connectivity index (χ3v) is 4.18. The molecule has 2 heteroatoms. The molecule has 2 aromatic rings. The maximum absolute atomic E-state index is 5.54. The first-order chi connectivity index (χ1) is 9.83. The zero-order valence-electron chi connectivity index (χ0n) is 12.1. The summed E-state index contributed by atoms with van der Waals surface area (Å²) in [5.41, 5.74) is 4.05. The zero-order valence-corrected chi connectivity index (χ0v) is 12.1. The lowest BCUT2D eigenvalue weighted by atomic mass is 9.86. The van der Waals surface area contributed by atoms with Gasteiger partial charge in [-0.15, -0.1) is 0 Å². The van der Waals surface area contributed by atoms with Crippen LogP contribution in [-0.2, 0) is 6.42 Å². The summed E-state index contributed by atoms with van der Waals surface area (Å²) in [6.45, 7) is 2.24. The molecule has 1 N–H and O–H groups in total. The van der Waals surface area contributed by atoms with E-state index in [-0.39, 0.29) is 6.04 Å². The van der Waals surface area contributed by atoms with Crippen LogP contribution in [0, 0.1) is 0 Å². The van der Waals surface area contributed by atoms with Gasteiger partial charge in [0.1, 0.15) is 5.75 Å². The Morgan fingerprint density at radius 2 is 1.75 bits per heavy atom. The summed E-state index contributed by atoms with van der Waals surface area (Å²) < 4.78 is 5.54. The maximum atomic E-state index is 5.54. The third-order valence-electron chi connectivity index (χ3n) is 4.18. The van der Waals surface area contributed by atoms with Crippen LogP contribution in [0.5, 0.6) is 5.75 Å².